The van der Waals surface area contributed by atoms with Gasteiger partial charge in [0.2, 0.25) is 0 Å². The Balaban J connectivity index is 2.14. The van der Waals surface area contributed by atoms with Gasteiger partial charge < -0.3 is 10.0 Å². The van der Waals surface area contributed by atoms with Crippen LogP contribution in [-0.4, -0.2) is 29.0 Å². The number of carbonyl (C=O) groups is 1. The van der Waals surface area contributed by atoms with E-state index in [1.807, 2.05) is 6.92 Å². The summed E-state index contributed by atoms with van der Waals surface area (Å²) in [6, 6.07) is 3.47. The van der Waals surface area contributed by atoms with E-state index in [1.165, 1.54) is 12.5 Å². The summed E-state index contributed by atoms with van der Waals surface area (Å²) in [6.45, 7) is 3.17. The number of amides is 1. The number of halogens is 1. The van der Waals surface area contributed by atoms with E-state index in [9.17, 15) is 14.3 Å². The predicted molar refractivity (Wildman–Crippen MR) is 67.0 cm³/mol. The average Bonchev–Trinajstić information content (AvgIpc) is 2.30. The second-order valence-electron chi connectivity index (χ2n) is 4.80. The molecular formula is C14H18FNO2. The minimum atomic E-state index is -0.504. The first-order chi connectivity index (χ1) is 8.61. The highest BCUT2D eigenvalue weighted by Crippen LogP contribution is 2.28. The van der Waals surface area contributed by atoms with Crippen LogP contribution in [0, 0.1) is 11.7 Å². The molecule has 0 atom stereocenters. The van der Waals surface area contributed by atoms with Crippen LogP contribution in [0.25, 0.3) is 0 Å². The summed E-state index contributed by atoms with van der Waals surface area (Å²) in [5, 5.41) is 9.64. The van der Waals surface area contributed by atoms with Crippen molar-refractivity contribution in [2.75, 3.05) is 13.1 Å². The van der Waals surface area contributed by atoms with E-state index in [0.29, 0.717) is 19.0 Å². The maximum absolute atomic E-state index is 13.1. The maximum Gasteiger partial charge on any atom is 0.257 e. The van der Waals surface area contributed by atoms with Crippen LogP contribution >= 0.6 is 0 Å². The number of rotatable bonds is 4. The van der Waals surface area contributed by atoms with E-state index in [1.54, 1.807) is 4.90 Å². The van der Waals surface area contributed by atoms with Gasteiger partial charge in [0, 0.05) is 13.1 Å². The molecule has 0 bridgehead atoms. The van der Waals surface area contributed by atoms with Crippen LogP contribution in [-0.2, 0) is 0 Å². The summed E-state index contributed by atoms with van der Waals surface area (Å²) in [7, 11) is 0. The summed E-state index contributed by atoms with van der Waals surface area (Å²) in [5.74, 6) is -0.393. The van der Waals surface area contributed by atoms with E-state index in [0.717, 1.165) is 25.0 Å². The molecule has 1 saturated carbocycles. The Bertz CT molecular complexity index is 443. The van der Waals surface area contributed by atoms with Gasteiger partial charge in [0.15, 0.2) is 0 Å². The number of carbonyl (C=O) groups excluding carboxylic acids is 1. The Morgan fingerprint density at radius 3 is 2.78 bits per heavy atom. The molecule has 0 aliphatic heterocycles. The highest BCUT2D eigenvalue weighted by molar-refractivity contribution is 5.96. The number of hydrogen-bond acceptors (Lipinski definition) is 2. The Morgan fingerprint density at radius 1 is 1.50 bits per heavy atom. The van der Waals surface area contributed by atoms with Gasteiger partial charge in [0.1, 0.15) is 11.6 Å². The lowest BCUT2D eigenvalue weighted by atomic mass is 9.85. The first-order valence-electron chi connectivity index (χ1n) is 6.39. The molecule has 98 valence electrons. The molecule has 2 rings (SSSR count). The van der Waals surface area contributed by atoms with E-state index < -0.39 is 5.82 Å². The lowest BCUT2D eigenvalue weighted by molar-refractivity contribution is 0.0703. The lowest BCUT2D eigenvalue weighted by Crippen LogP contribution is -2.37. The maximum atomic E-state index is 13.1. The number of aromatic hydroxyl groups is 1. The summed E-state index contributed by atoms with van der Waals surface area (Å²) >= 11 is 0. The van der Waals surface area contributed by atoms with Gasteiger partial charge in [-0.2, -0.15) is 0 Å². The number of phenolic OH excluding ortho intramolecular Hbond substituents is 1. The quantitative estimate of drug-likeness (QED) is 0.894. The van der Waals surface area contributed by atoms with E-state index in [4.69, 9.17) is 0 Å². The molecule has 1 fully saturated rings. The fourth-order valence-electron chi connectivity index (χ4n) is 2.19. The van der Waals surface area contributed by atoms with Crippen molar-refractivity contribution in [1.29, 1.82) is 0 Å². The SMILES string of the molecule is CCN(CC1CCC1)C(=O)c1cc(F)ccc1O. The van der Waals surface area contributed by atoms with Gasteiger partial charge in [-0.15, -0.1) is 0 Å². The molecule has 1 amide bonds. The third-order valence-electron chi connectivity index (χ3n) is 3.56. The summed E-state index contributed by atoms with van der Waals surface area (Å²) in [5.41, 5.74) is 0.0520. The highest BCUT2D eigenvalue weighted by atomic mass is 19.1. The second-order valence-corrected chi connectivity index (χ2v) is 4.80. The number of hydrogen-bond donors (Lipinski definition) is 1. The first kappa shape index (κ1) is 12.9. The Morgan fingerprint density at radius 2 is 2.22 bits per heavy atom. The van der Waals surface area contributed by atoms with Crippen molar-refractivity contribution in [3.05, 3.63) is 29.6 Å². The average molecular weight is 251 g/mol. The molecule has 0 radical (unpaired) electrons. The molecular weight excluding hydrogens is 233 g/mol. The smallest absolute Gasteiger partial charge is 0.257 e. The molecule has 18 heavy (non-hydrogen) atoms. The van der Waals surface area contributed by atoms with Crippen LogP contribution < -0.4 is 0 Å². The minimum absolute atomic E-state index is 0.0520. The standard InChI is InChI=1S/C14H18FNO2/c1-2-16(9-10-4-3-5-10)14(18)12-8-11(15)6-7-13(12)17/h6-8,10,17H,2-5,9H2,1H3. The van der Waals surface area contributed by atoms with Crippen LogP contribution in [0.5, 0.6) is 5.75 Å². The molecule has 0 aromatic heterocycles. The molecule has 1 aliphatic carbocycles. The van der Waals surface area contributed by atoms with Crippen LogP contribution in [0.1, 0.15) is 36.5 Å². The molecule has 0 unspecified atom stereocenters. The zero-order valence-electron chi connectivity index (χ0n) is 10.5. The van der Waals surface area contributed by atoms with Crippen molar-refractivity contribution in [2.24, 2.45) is 5.92 Å². The van der Waals surface area contributed by atoms with E-state index >= 15 is 0 Å². The van der Waals surface area contributed by atoms with Gasteiger partial charge in [-0.05, 0) is 43.9 Å². The largest absolute Gasteiger partial charge is 0.507 e. The van der Waals surface area contributed by atoms with Gasteiger partial charge in [-0.25, -0.2) is 4.39 Å². The summed E-state index contributed by atoms with van der Waals surface area (Å²) in [4.78, 5) is 13.9. The van der Waals surface area contributed by atoms with E-state index in [2.05, 4.69) is 0 Å². The molecule has 0 heterocycles. The second kappa shape index (κ2) is 5.38. The van der Waals surface area contributed by atoms with Crippen molar-refractivity contribution in [1.82, 2.24) is 4.90 Å². The third kappa shape index (κ3) is 2.63. The number of benzene rings is 1. The lowest BCUT2D eigenvalue weighted by Gasteiger charge is -2.32. The Kier molecular flexibility index (Phi) is 3.84. The van der Waals surface area contributed by atoms with Gasteiger partial charge in [-0.1, -0.05) is 6.42 Å². The van der Waals surface area contributed by atoms with Crippen LogP contribution in [0.3, 0.4) is 0 Å². The molecule has 1 aromatic rings. The van der Waals surface area contributed by atoms with Gasteiger partial charge in [0.25, 0.3) is 5.91 Å². The number of phenols is 1. The molecule has 0 saturated heterocycles. The molecule has 0 spiro atoms. The molecule has 4 heteroatoms. The van der Waals surface area contributed by atoms with Crippen LogP contribution in [0.2, 0.25) is 0 Å². The van der Waals surface area contributed by atoms with Gasteiger partial charge in [0.05, 0.1) is 5.56 Å². The molecule has 1 aromatic carbocycles. The minimum Gasteiger partial charge on any atom is -0.507 e. The molecule has 3 nitrogen and oxygen atoms in total. The normalized spacial score (nSPS) is 15.2. The van der Waals surface area contributed by atoms with Crippen molar-refractivity contribution in [3.63, 3.8) is 0 Å². The van der Waals surface area contributed by atoms with Gasteiger partial charge in [-0.3, -0.25) is 4.79 Å². The topological polar surface area (TPSA) is 40.5 Å². The summed E-state index contributed by atoms with van der Waals surface area (Å²) < 4.78 is 13.1. The third-order valence-corrected chi connectivity index (χ3v) is 3.56. The highest BCUT2D eigenvalue weighted by Gasteiger charge is 2.24. The fourth-order valence-corrected chi connectivity index (χ4v) is 2.19. The van der Waals surface area contributed by atoms with Crippen molar-refractivity contribution >= 4 is 5.91 Å². The molecule has 1 N–H and O–H groups in total. The Labute approximate surface area is 106 Å². The van der Waals surface area contributed by atoms with E-state index in [-0.39, 0.29) is 17.2 Å². The van der Waals surface area contributed by atoms with Crippen molar-refractivity contribution in [2.45, 2.75) is 26.2 Å². The van der Waals surface area contributed by atoms with Gasteiger partial charge >= 0.3 is 0 Å². The fraction of sp³-hybridized carbons (Fsp3) is 0.500. The predicted octanol–water partition coefficient (Wildman–Crippen LogP) is 2.79. The molecule has 1 aliphatic rings. The van der Waals surface area contributed by atoms with Crippen molar-refractivity contribution < 1.29 is 14.3 Å². The van der Waals surface area contributed by atoms with Crippen LogP contribution in [0.4, 0.5) is 4.39 Å². The summed E-state index contributed by atoms with van der Waals surface area (Å²) in [6.07, 6.45) is 3.53. The van der Waals surface area contributed by atoms with Crippen LogP contribution in [0.15, 0.2) is 18.2 Å². The first-order valence-corrected chi connectivity index (χ1v) is 6.39. The zero-order valence-corrected chi connectivity index (χ0v) is 10.5. The van der Waals surface area contributed by atoms with Crippen molar-refractivity contribution in [3.8, 4) is 5.75 Å². The monoisotopic (exact) mass is 251 g/mol. The zero-order chi connectivity index (χ0) is 13.1. The Hall–Kier alpha value is -1.58. The number of nitrogens with zero attached hydrogens (tertiary/aromatic N) is 1.